The summed E-state index contributed by atoms with van der Waals surface area (Å²) < 4.78 is 12.7. The fourth-order valence-corrected chi connectivity index (χ4v) is 13.6. The lowest BCUT2D eigenvalue weighted by molar-refractivity contribution is -0.150. The summed E-state index contributed by atoms with van der Waals surface area (Å²) in [5.41, 5.74) is 2.31. The predicted molar refractivity (Wildman–Crippen MR) is 226 cm³/mol. The molecule has 3 aliphatic heterocycles. The topological polar surface area (TPSA) is 120 Å². The van der Waals surface area contributed by atoms with E-state index >= 15 is 4.79 Å². The van der Waals surface area contributed by atoms with Crippen LogP contribution in [0.5, 0.6) is 5.75 Å². The average molecular weight is 809 g/mol. The molecule has 0 aliphatic carbocycles. The van der Waals surface area contributed by atoms with Crippen molar-refractivity contribution >= 4 is 54.0 Å². The molecule has 0 saturated carbocycles. The molecule has 57 heavy (non-hydrogen) atoms. The number of fused-ring (bicyclic) bond motifs is 2. The number of benzene rings is 4. The van der Waals surface area contributed by atoms with Crippen LogP contribution in [0.15, 0.2) is 97.1 Å². The molecule has 5 atom stereocenters. The van der Waals surface area contributed by atoms with Gasteiger partial charge in [-0.3, -0.25) is 14.4 Å². The molecule has 2 fully saturated rings. The summed E-state index contributed by atoms with van der Waals surface area (Å²) in [5.74, 6) is -0.0474. The molecule has 0 radical (unpaired) electrons. The van der Waals surface area contributed by atoms with Gasteiger partial charge in [0.05, 0.1) is 52.5 Å². The summed E-state index contributed by atoms with van der Waals surface area (Å²) >= 11 is 6.73. The molecule has 1 spiro atoms. The minimum atomic E-state index is -2.54. The number of hydrogen-bond donors (Lipinski definition) is 3. The van der Waals surface area contributed by atoms with Crippen molar-refractivity contribution in [2.24, 2.45) is 11.8 Å². The minimum absolute atomic E-state index is 0.0136. The van der Waals surface area contributed by atoms with E-state index in [1.807, 2.05) is 78.9 Å². The highest BCUT2D eigenvalue weighted by Crippen LogP contribution is 2.60. The van der Waals surface area contributed by atoms with E-state index in [4.69, 9.17) is 21.1 Å². The highest BCUT2D eigenvalue weighted by Gasteiger charge is 2.66. The second kappa shape index (κ2) is 17.1. The van der Waals surface area contributed by atoms with Crippen molar-refractivity contribution in [3.8, 4) is 5.75 Å². The molecule has 1 unspecified atom stereocenters. The Kier molecular flexibility index (Phi) is 12.2. The van der Waals surface area contributed by atoms with Crippen LogP contribution in [0, 0.1) is 11.8 Å². The number of nitrogens with one attached hydrogen (secondary N) is 2. The SMILES string of the molecule is COc1ccc([Si](C)(C)[C@H]2[C@H](CC(=O)N(CCO)Cc3ccccc3)O[C@@]3(C(=O)N(Cc4cccc(NC(=O)C5CCCNC5)c4)c4ccc(Cl)cc43)[C@@H]2C)cc1. The van der Waals surface area contributed by atoms with Crippen LogP contribution in [0.4, 0.5) is 11.4 Å². The number of anilines is 2. The van der Waals surface area contributed by atoms with Gasteiger partial charge in [-0.15, -0.1) is 0 Å². The fraction of sp³-hybridized carbons (Fsp3) is 0.400. The molecule has 0 aromatic heterocycles. The predicted octanol–water partition coefficient (Wildman–Crippen LogP) is 6.46. The zero-order valence-corrected chi connectivity index (χ0v) is 34.9. The highest BCUT2D eigenvalue weighted by atomic mass is 35.5. The van der Waals surface area contributed by atoms with Crippen molar-refractivity contribution in [1.82, 2.24) is 10.2 Å². The molecule has 4 aromatic rings. The third kappa shape index (κ3) is 8.13. The van der Waals surface area contributed by atoms with Gasteiger partial charge in [0.2, 0.25) is 11.8 Å². The van der Waals surface area contributed by atoms with Gasteiger partial charge in [-0.1, -0.05) is 91.4 Å². The van der Waals surface area contributed by atoms with Crippen LogP contribution in [0.3, 0.4) is 0 Å². The molecule has 12 heteroatoms. The Bertz CT molecular complexity index is 2080. The quantitative estimate of drug-likeness (QED) is 0.133. The molecular weight excluding hydrogens is 756 g/mol. The molecule has 3 heterocycles. The normalized spacial score (nSPS) is 23.1. The number of aliphatic hydroxyl groups excluding tert-OH is 1. The van der Waals surface area contributed by atoms with Crippen molar-refractivity contribution in [1.29, 1.82) is 0 Å². The first-order valence-corrected chi connectivity index (χ1v) is 23.4. The second-order valence-corrected chi connectivity index (χ2v) is 21.3. The van der Waals surface area contributed by atoms with Crippen LogP contribution in [0.25, 0.3) is 0 Å². The van der Waals surface area contributed by atoms with Crippen LogP contribution in [-0.2, 0) is 37.8 Å². The summed E-state index contributed by atoms with van der Waals surface area (Å²) in [7, 11) is -0.900. The van der Waals surface area contributed by atoms with Gasteiger partial charge in [0.25, 0.3) is 5.91 Å². The molecule has 7 rings (SSSR count). The van der Waals surface area contributed by atoms with Crippen molar-refractivity contribution < 1.29 is 29.0 Å². The number of hydrogen-bond acceptors (Lipinski definition) is 7. The molecule has 4 aromatic carbocycles. The first-order valence-electron chi connectivity index (χ1n) is 19.9. The third-order valence-electron chi connectivity index (χ3n) is 12.3. The molecule has 0 bridgehead atoms. The number of rotatable bonds is 13. The summed E-state index contributed by atoms with van der Waals surface area (Å²) in [6.07, 6.45) is 1.23. The Balaban J connectivity index is 1.24. The number of aliphatic hydroxyl groups is 1. The van der Waals surface area contributed by atoms with E-state index in [9.17, 15) is 14.7 Å². The number of nitrogens with zero attached hydrogens (tertiary/aromatic N) is 2. The van der Waals surface area contributed by atoms with Crippen molar-refractivity contribution in [2.75, 3.05) is 43.6 Å². The van der Waals surface area contributed by atoms with Gasteiger partial charge in [0.1, 0.15) is 5.75 Å². The van der Waals surface area contributed by atoms with E-state index in [0.29, 0.717) is 35.1 Å². The number of carbonyl (C=O) groups is 3. The number of carbonyl (C=O) groups excluding carboxylic acids is 3. The second-order valence-electron chi connectivity index (χ2n) is 16.2. The maximum absolute atomic E-state index is 15.3. The van der Waals surface area contributed by atoms with Gasteiger partial charge in [-0.2, -0.15) is 0 Å². The van der Waals surface area contributed by atoms with E-state index in [2.05, 4.69) is 42.8 Å². The zero-order chi connectivity index (χ0) is 40.3. The van der Waals surface area contributed by atoms with Crippen molar-refractivity contribution in [2.45, 2.75) is 69.6 Å². The number of piperidine rings is 1. The molecule has 2 saturated heterocycles. The van der Waals surface area contributed by atoms with Crippen LogP contribution in [-0.4, -0.2) is 75.3 Å². The number of methoxy groups -OCH3 is 1. The Morgan fingerprint density at radius 1 is 1.04 bits per heavy atom. The molecule has 300 valence electrons. The zero-order valence-electron chi connectivity index (χ0n) is 33.2. The Morgan fingerprint density at radius 2 is 1.79 bits per heavy atom. The summed E-state index contributed by atoms with van der Waals surface area (Å²) in [6.45, 7) is 8.82. The smallest absolute Gasteiger partial charge is 0.264 e. The van der Waals surface area contributed by atoms with Crippen LogP contribution in [0.2, 0.25) is 23.7 Å². The maximum atomic E-state index is 15.3. The molecule has 3 aliphatic rings. The standard InChI is InChI=1S/C45H53ClN4O6Si/c1-30-42(57(3,4)37-18-16-36(55-2)17-19-37)40(26-41(52)49(22-23-51)28-31-10-6-5-7-11-31)56-45(30)38-25-34(46)15-20-39(38)50(44(45)54)29-32-12-8-14-35(24-32)48-43(53)33-13-9-21-47-27-33/h5-8,10-12,14-20,24-25,30,33,40,42,47,51H,9,13,21-23,26-29H2,1-4H3,(H,48,53)/t30-,33?,40+,42-,45+/m1/s1. The first kappa shape index (κ1) is 40.7. The number of amides is 3. The molecule has 10 nitrogen and oxygen atoms in total. The van der Waals surface area contributed by atoms with Crippen molar-refractivity contribution in [3.63, 3.8) is 0 Å². The van der Waals surface area contributed by atoms with Gasteiger partial charge in [-0.05, 0) is 78.5 Å². The van der Waals surface area contributed by atoms with E-state index < -0.39 is 19.8 Å². The maximum Gasteiger partial charge on any atom is 0.264 e. The van der Waals surface area contributed by atoms with Gasteiger partial charge in [0.15, 0.2) is 5.60 Å². The van der Waals surface area contributed by atoms with E-state index in [1.54, 1.807) is 23.0 Å². The average Bonchev–Trinajstić information content (AvgIpc) is 3.64. The lowest BCUT2D eigenvalue weighted by Gasteiger charge is -2.37. The number of halogens is 1. The third-order valence-corrected chi connectivity index (χ3v) is 16.9. The summed E-state index contributed by atoms with van der Waals surface area (Å²) in [6, 6.07) is 31.0. The van der Waals surface area contributed by atoms with Gasteiger partial charge >= 0.3 is 0 Å². The van der Waals surface area contributed by atoms with Crippen LogP contribution >= 0.6 is 11.6 Å². The van der Waals surface area contributed by atoms with Crippen LogP contribution in [0.1, 0.15) is 42.9 Å². The van der Waals surface area contributed by atoms with E-state index in [1.165, 1.54) is 0 Å². The van der Waals surface area contributed by atoms with Gasteiger partial charge in [0, 0.05) is 41.8 Å². The molecule has 3 N–H and O–H groups in total. The largest absolute Gasteiger partial charge is 0.497 e. The number of ether oxygens (including phenoxy) is 2. The monoisotopic (exact) mass is 808 g/mol. The first-order chi connectivity index (χ1) is 27.5. The summed E-state index contributed by atoms with van der Waals surface area (Å²) in [4.78, 5) is 46.3. The minimum Gasteiger partial charge on any atom is -0.497 e. The lowest BCUT2D eigenvalue weighted by atomic mass is 9.82. The lowest BCUT2D eigenvalue weighted by Crippen LogP contribution is -2.52. The highest BCUT2D eigenvalue weighted by molar-refractivity contribution is 6.91. The molecular formula is C45H53ClN4O6Si. The van der Waals surface area contributed by atoms with E-state index in [0.717, 1.165) is 41.4 Å². The van der Waals surface area contributed by atoms with E-state index in [-0.39, 0.29) is 61.2 Å². The Labute approximate surface area is 341 Å². The molecule has 3 amide bonds. The van der Waals surface area contributed by atoms with Gasteiger partial charge < -0.3 is 35.0 Å². The summed E-state index contributed by atoms with van der Waals surface area (Å²) in [5, 5.41) is 18.1. The fourth-order valence-electron chi connectivity index (χ4n) is 9.41. The Morgan fingerprint density at radius 3 is 2.49 bits per heavy atom. The van der Waals surface area contributed by atoms with Gasteiger partial charge in [-0.25, -0.2) is 0 Å². The van der Waals surface area contributed by atoms with Crippen LogP contribution < -0.4 is 25.5 Å². The van der Waals surface area contributed by atoms with Crippen molar-refractivity contribution in [3.05, 3.63) is 119 Å². The Hall–Kier alpha value is -4.52.